The monoisotopic (exact) mass is 263 g/mol. The van der Waals surface area contributed by atoms with Crippen LogP contribution in [0, 0.1) is 0 Å². The summed E-state index contributed by atoms with van der Waals surface area (Å²) in [6.45, 7) is 0.914. The van der Waals surface area contributed by atoms with E-state index in [0.29, 0.717) is 17.1 Å². The van der Waals surface area contributed by atoms with Crippen molar-refractivity contribution in [2.75, 3.05) is 20.8 Å². The molecule has 0 aromatic heterocycles. The molecule has 1 fully saturated rings. The molecule has 104 valence electrons. The molecule has 1 aromatic carbocycles. The molecule has 0 saturated carbocycles. The van der Waals surface area contributed by atoms with E-state index >= 15 is 0 Å². The first-order valence-electron chi connectivity index (χ1n) is 6.75. The molecule has 0 aliphatic carbocycles. The lowest BCUT2D eigenvalue weighted by Gasteiger charge is -2.15. The maximum atomic E-state index is 12.5. The lowest BCUT2D eigenvalue weighted by molar-refractivity contribution is 0.0940. The van der Waals surface area contributed by atoms with Gasteiger partial charge in [-0.2, -0.15) is 0 Å². The number of hydrogen-bond donors (Lipinski definition) is 1. The van der Waals surface area contributed by atoms with Crippen LogP contribution in [0.25, 0.3) is 0 Å². The van der Waals surface area contributed by atoms with Gasteiger partial charge in [0.1, 0.15) is 11.5 Å². The van der Waals surface area contributed by atoms with E-state index in [1.54, 1.807) is 32.4 Å². The Morgan fingerprint density at radius 2 is 1.79 bits per heavy atom. The standard InChI is InChI=1S/C15H21NO3/c1-18-12-8-11(9-13(10-12)19-2)15(17)14-6-4-3-5-7-16-14/h8-10,14,16H,3-7H2,1-2H3. The summed E-state index contributed by atoms with van der Waals surface area (Å²) in [6.07, 6.45) is 4.34. The van der Waals surface area contributed by atoms with E-state index in [1.165, 1.54) is 6.42 Å². The van der Waals surface area contributed by atoms with Crippen LogP contribution in [0.1, 0.15) is 36.0 Å². The normalized spacial score (nSPS) is 19.6. The molecule has 0 radical (unpaired) electrons. The molecule has 1 saturated heterocycles. The SMILES string of the molecule is COc1cc(OC)cc(C(=O)C2CCCCCN2)c1. The van der Waals surface area contributed by atoms with Gasteiger partial charge in [-0.25, -0.2) is 0 Å². The highest BCUT2D eigenvalue weighted by molar-refractivity contribution is 6.00. The predicted octanol–water partition coefficient (Wildman–Crippen LogP) is 2.42. The first-order chi connectivity index (χ1) is 9.24. The third kappa shape index (κ3) is 3.47. The van der Waals surface area contributed by atoms with Crippen LogP contribution in [-0.4, -0.2) is 32.6 Å². The second kappa shape index (κ2) is 6.57. The fraction of sp³-hybridized carbons (Fsp3) is 0.533. The van der Waals surface area contributed by atoms with Crippen LogP contribution in [0.3, 0.4) is 0 Å². The maximum Gasteiger partial charge on any atom is 0.179 e. The van der Waals surface area contributed by atoms with Gasteiger partial charge in [-0.15, -0.1) is 0 Å². The number of benzene rings is 1. The van der Waals surface area contributed by atoms with E-state index in [-0.39, 0.29) is 11.8 Å². The quantitative estimate of drug-likeness (QED) is 0.847. The minimum absolute atomic E-state index is 0.0840. The lowest BCUT2D eigenvalue weighted by Crippen LogP contribution is -2.36. The molecular weight excluding hydrogens is 242 g/mol. The number of ketones is 1. The highest BCUT2D eigenvalue weighted by Gasteiger charge is 2.22. The van der Waals surface area contributed by atoms with Crippen molar-refractivity contribution in [3.63, 3.8) is 0 Å². The molecule has 0 amide bonds. The number of methoxy groups -OCH3 is 2. The second-order valence-electron chi connectivity index (χ2n) is 4.82. The summed E-state index contributed by atoms with van der Waals surface area (Å²) < 4.78 is 10.4. The first kappa shape index (κ1) is 13.9. The molecule has 4 heteroatoms. The Kier molecular flexibility index (Phi) is 4.80. The van der Waals surface area contributed by atoms with Crippen LogP contribution < -0.4 is 14.8 Å². The minimum Gasteiger partial charge on any atom is -0.497 e. The zero-order valence-corrected chi connectivity index (χ0v) is 11.6. The van der Waals surface area contributed by atoms with Crippen LogP contribution in [0.5, 0.6) is 11.5 Å². The van der Waals surface area contributed by atoms with Crippen molar-refractivity contribution in [2.45, 2.75) is 31.7 Å². The zero-order chi connectivity index (χ0) is 13.7. The number of nitrogens with one attached hydrogen (secondary N) is 1. The highest BCUT2D eigenvalue weighted by atomic mass is 16.5. The summed E-state index contributed by atoms with van der Waals surface area (Å²) >= 11 is 0. The summed E-state index contributed by atoms with van der Waals surface area (Å²) in [5.41, 5.74) is 0.649. The van der Waals surface area contributed by atoms with Gasteiger partial charge in [-0.1, -0.05) is 12.8 Å². The van der Waals surface area contributed by atoms with Crippen LogP contribution in [0.15, 0.2) is 18.2 Å². The second-order valence-corrected chi connectivity index (χ2v) is 4.82. The van der Waals surface area contributed by atoms with Crippen molar-refractivity contribution in [3.05, 3.63) is 23.8 Å². The summed E-state index contributed by atoms with van der Waals surface area (Å²) in [4.78, 5) is 12.5. The van der Waals surface area contributed by atoms with Crippen LogP contribution >= 0.6 is 0 Å². The third-order valence-corrected chi connectivity index (χ3v) is 3.51. The predicted molar refractivity (Wildman–Crippen MR) is 74.1 cm³/mol. The van der Waals surface area contributed by atoms with Gasteiger partial charge in [-0.05, 0) is 31.5 Å². The molecule has 1 aromatic rings. The van der Waals surface area contributed by atoms with Crippen molar-refractivity contribution in [2.24, 2.45) is 0 Å². The van der Waals surface area contributed by atoms with Crippen LogP contribution in [0.2, 0.25) is 0 Å². The molecule has 0 spiro atoms. The maximum absolute atomic E-state index is 12.5. The van der Waals surface area contributed by atoms with Crippen molar-refractivity contribution < 1.29 is 14.3 Å². The van der Waals surface area contributed by atoms with Crippen LogP contribution in [0.4, 0.5) is 0 Å². The Balaban J connectivity index is 2.21. The van der Waals surface area contributed by atoms with Gasteiger partial charge in [0, 0.05) is 11.6 Å². The Bertz CT molecular complexity index is 415. The average molecular weight is 263 g/mol. The van der Waals surface area contributed by atoms with Gasteiger partial charge >= 0.3 is 0 Å². The van der Waals surface area contributed by atoms with E-state index in [2.05, 4.69) is 5.32 Å². The number of Topliss-reactive ketones (excluding diaryl/α,β-unsaturated/α-hetero) is 1. The van der Waals surface area contributed by atoms with Crippen LogP contribution in [-0.2, 0) is 0 Å². The summed E-state index contributed by atoms with van der Waals surface area (Å²) in [5.74, 6) is 1.42. The van der Waals surface area contributed by atoms with Gasteiger partial charge in [0.2, 0.25) is 0 Å². The molecule has 2 rings (SSSR count). The van der Waals surface area contributed by atoms with Gasteiger partial charge in [0.05, 0.1) is 20.3 Å². The summed E-state index contributed by atoms with van der Waals surface area (Å²) in [7, 11) is 3.18. The topological polar surface area (TPSA) is 47.6 Å². The largest absolute Gasteiger partial charge is 0.497 e. The van der Waals surface area contributed by atoms with E-state index in [9.17, 15) is 4.79 Å². The molecule has 1 atom stereocenters. The van der Waals surface area contributed by atoms with Gasteiger partial charge < -0.3 is 14.8 Å². The molecular formula is C15H21NO3. The lowest BCUT2D eigenvalue weighted by atomic mass is 10.00. The van der Waals surface area contributed by atoms with E-state index in [1.807, 2.05) is 0 Å². The Hall–Kier alpha value is -1.55. The molecule has 19 heavy (non-hydrogen) atoms. The molecule has 1 heterocycles. The smallest absolute Gasteiger partial charge is 0.179 e. The molecule has 1 unspecified atom stereocenters. The first-order valence-corrected chi connectivity index (χ1v) is 6.75. The van der Waals surface area contributed by atoms with Crippen molar-refractivity contribution in [3.8, 4) is 11.5 Å². The third-order valence-electron chi connectivity index (χ3n) is 3.51. The average Bonchev–Trinajstić information content (AvgIpc) is 2.74. The van der Waals surface area contributed by atoms with Crippen molar-refractivity contribution >= 4 is 5.78 Å². The Morgan fingerprint density at radius 1 is 1.11 bits per heavy atom. The van der Waals surface area contributed by atoms with Crippen molar-refractivity contribution in [1.82, 2.24) is 5.32 Å². The van der Waals surface area contributed by atoms with Crippen molar-refractivity contribution in [1.29, 1.82) is 0 Å². The zero-order valence-electron chi connectivity index (χ0n) is 11.6. The van der Waals surface area contributed by atoms with E-state index in [0.717, 1.165) is 25.8 Å². The number of hydrogen-bond acceptors (Lipinski definition) is 4. The molecule has 4 nitrogen and oxygen atoms in total. The van der Waals surface area contributed by atoms with Gasteiger partial charge in [0.15, 0.2) is 5.78 Å². The Labute approximate surface area is 114 Å². The van der Waals surface area contributed by atoms with E-state index < -0.39 is 0 Å². The summed E-state index contributed by atoms with van der Waals surface area (Å²) in [6, 6.07) is 5.24. The fourth-order valence-electron chi connectivity index (χ4n) is 2.40. The molecule has 1 N–H and O–H groups in total. The molecule has 1 aliphatic heterocycles. The molecule has 1 aliphatic rings. The fourth-order valence-corrected chi connectivity index (χ4v) is 2.40. The minimum atomic E-state index is -0.0840. The summed E-state index contributed by atoms with van der Waals surface area (Å²) in [5, 5.41) is 3.32. The number of rotatable bonds is 4. The van der Waals surface area contributed by atoms with E-state index in [4.69, 9.17) is 9.47 Å². The van der Waals surface area contributed by atoms with Gasteiger partial charge in [0.25, 0.3) is 0 Å². The number of carbonyl (C=O) groups excluding carboxylic acids is 1. The number of carbonyl (C=O) groups is 1. The Morgan fingerprint density at radius 3 is 2.42 bits per heavy atom. The highest BCUT2D eigenvalue weighted by Crippen LogP contribution is 2.24. The molecule has 0 bridgehead atoms. The number of ether oxygens (including phenoxy) is 2. The van der Waals surface area contributed by atoms with Gasteiger partial charge in [-0.3, -0.25) is 4.79 Å².